The molecule has 0 aliphatic rings. The van der Waals surface area contributed by atoms with Crippen molar-refractivity contribution in [1.29, 1.82) is 0 Å². The summed E-state index contributed by atoms with van der Waals surface area (Å²) in [4.78, 5) is 20.4. The van der Waals surface area contributed by atoms with Crippen molar-refractivity contribution in [3.8, 4) is 22.0 Å². The van der Waals surface area contributed by atoms with Gasteiger partial charge in [0.2, 0.25) is 22.8 Å². The minimum atomic E-state index is -0.188. The second-order valence-corrected chi connectivity index (χ2v) is 6.56. The van der Waals surface area contributed by atoms with Gasteiger partial charge >= 0.3 is 0 Å². The molecule has 1 aromatic carbocycles. The largest absolute Gasteiger partial charge is 0.339 e. The minimum Gasteiger partial charge on any atom is -0.339 e. The number of nitrogens with zero attached hydrogens (tertiary/aromatic N) is 5. The Morgan fingerprint density at radius 1 is 1.07 bits per heavy atom. The van der Waals surface area contributed by atoms with E-state index in [1.54, 1.807) is 18.5 Å². The van der Waals surface area contributed by atoms with Crippen LogP contribution in [0.4, 0.5) is 5.13 Å². The number of pyridine rings is 1. The molecule has 0 bridgehead atoms. The van der Waals surface area contributed by atoms with E-state index in [1.807, 2.05) is 36.4 Å². The summed E-state index contributed by atoms with van der Waals surface area (Å²) in [6.07, 6.45) is 3.87. The molecule has 4 aromatic rings. The number of amides is 1. The average molecular weight is 378 g/mol. The van der Waals surface area contributed by atoms with E-state index in [4.69, 9.17) is 4.52 Å². The summed E-state index contributed by atoms with van der Waals surface area (Å²) < 4.78 is 5.19. The Bertz CT molecular complexity index is 1030. The van der Waals surface area contributed by atoms with Crippen LogP contribution in [-0.2, 0) is 11.2 Å². The predicted octanol–water partition coefficient (Wildman–Crippen LogP) is 3.22. The van der Waals surface area contributed by atoms with Gasteiger partial charge in [-0.2, -0.15) is 4.98 Å². The summed E-state index contributed by atoms with van der Waals surface area (Å²) in [6.45, 7) is 0. The molecule has 3 heterocycles. The van der Waals surface area contributed by atoms with E-state index in [2.05, 4.69) is 30.6 Å². The number of hydrogen-bond donors (Lipinski definition) is 1. The Labute approximate surface area is 158 Å². The molecule has 0 saturated heterocycles. The Morgan fingerprint density at radius 3 is 2.74 bits per heavy atom. The number of aryl methyl sites for hydroxylation is 1. The van der Waals surface area contributed by atoms with Gasteiger partial charge in [0.05, 0.1) is 0 Å². The molecule has 4 rings (SSSR count). The number of nitrogens with one attached hydrogen (secondary N) is 1. The minimum absolute atomic E-state index is 0.188. The van der Waals surface area contributed by atoms with E-state index in [9.17, 15) is 4.79 Å². The van der Waals surface area contributed by atoms with E-state index in [1.165, 1.54) is 11.3 Å². The van der Waals surface area contributed by atoms with Gasteiger partial charge in [0.25, 0.3) is 0 Å². The maximum absolute atomic E-state index is 12.1. The molecule has 0 atom stereocenters. The second-order valence-electron chi connectivity index (χ2n) is 5.58. The zero-order chi connectivity index (χ0) is 18.5. The molecule has 0 fully saturated rings. The Hall–Kier alpha value is -3.46. The monoisotopic (exact) mass is 378 g/mol. The SMILES string of the molecule is O=C(CCc1nc(-c2cccnc2)no1)Nc1nnc(-c2ccccc2)s1. The van der Waals surface area contributed by atoms with E-state index in [-0.39, 0.29) is 12.3 Å². The molecule has 0 spiro atoms. The number of carbonyl (C=O) groups is 1. The van der Waals surface area contributed by atoms with E-state index < -0.39 is 0 Å². The third-order valence-corrected chi connectivity index (χ3v) is 4.53. The molecule has 134 valence electrons. The second kappa shape index (κ2) is 7.83. The van der Waals surface area contributed by atoms with Crippen molar-refractivity contribution in [3.63, 3.8) is 0 Å². The maximum atomic E-state index is 12.1. The normalized spacial score (nSPS) is 10.7. The van der Waals surface area contributed by atoms with Crippen LogP contribution >= 0.6 is 11.3 Å². The fourth-order valence-corrected chi connectivity index (χ4v) is 3.11. The first-order chi connectivity index (χ1) is 13.3. The standard InChI is InChI=1S/C18H14N6O2S/c25-14(20-18-23-22-17(27-18)12-5-2-1-3-6-12)8-9-15-21-16(24-26-15)13-7-4-10-19-11-13/h1-7,10-11H,8-9H2,(H,20,23,25). The highest BCUT2D eigenvalue weighted by Crippen LogP contribution is 2.26. The first kappa shape index (κ1) is 17.0. The molecule has 27 heavy (non-hydrogen) atoms. The van der Waals surface area contributed by atoms with Gasteiger partial charge in [0.15, 0.2) is 0 Å². The summed E-state index contributed by atoms with van der Waals surface area (Å²) in [7, 11) is 0. The van der Waals surface area contributed by atoms with Crippen LogP contribution in [0.2, 0.25) is 0 Å². The molecular formula is C18H14N6O2S. The lowest BCUT2D eigenvalue weighted by molar-refractivity contribution is -0.116. The number of carbonyl (C=O) groups excluding carboxylic acids is 1. The summed E-state index contributed by atoms with van der Waals surface area (Å²) in [5.74, 6) is 0.660. The van der Waals surface area contributed by atoms with Gasteiger partial charge in [-0.25, -0.2) is 0 Å². The number of hydrogen-bond acceptors (Lipinski definition) is 8. The maximum Gasteiger partial charge on any atom is 0.227 e. The Kier molecular flexibility index (Phi) is 4.93. The predicted molar refractivity (Wildman–Crippen MR) is 99.8 cm³/mol. The molecule has 0 aliphatic carbocycles. The van der Waals surface area contributed by atoms with Crippen molar-refractivity contribution in [1.82, 2.24) is 25.3 Å². The Morgan fingerprint density at radius 2 is 1.93 bits per heavy atom. The van der Waals surface area contributed by atoms with Crippen LogP contribution in [0.1, 0.15) is 12.3 Å². The smallest absolute Gasteiger partial charge is 0.227 e. The molecule has 9 heteroatoms. The highest BCUT2D eigenvalue weighted by atomic mass is 32.1. The number of anilines is 1. The van der Waals surface area contributed by atoms with Gasteiger partial charge in [-0.3, -0.25) is 9.78 Å². The highest BCUT2D eigenvalue weighted by Gasteiger charge is 2.13. The zero-order valence-corrected chi connectivity index (χ0v) is 14.9. The van der Waals surface area contributed by atoms with E-state index in [0.717, 1.165) is 16.1 Å². The molecule has 8 nitrogen and oxygen atoms in total. The summed E-state index contributed by atoms with van der Waals surface area (Å²) in [6, 6.07) is 13.3. The number of rotatable bonds is 6. The number of benzene rings is 1. The molecule has 1 amide bonds. The lowest BCUT2D eigenvalue weighted by atomic mass is 10.2. The molecule has 0 unspecified atom stereocenters. The highest BCUT2D eigenvalue weighted by molar-refractivity contribution is 7.18. The van der Waals surface area contributed by atoms with Crippen molar-refractivity contribution >= 4 is 22.4 Å². The summed E-state index contributed by atoms with van der Waals surface area (Å²) in [5.41, 5.74) is 1.73. The van der Waals surface area contributed by atoms with E-state index in [0.29, 0.717) is 23.3 Å². The van der Waals surface area contributed by atoms with Crippen molar-refractivity contribution in [2.45, 2.75) is 12.8 Å². The van der Waals surface area contributed by atoms with Crippen LogP contribution < -0.4 is 5.32 Å². The van der Waals surface area contributed by atoms with Crippen LogP contribution in [0.25, 0.3) is 22.0 Å². The molecule has 0 saturated carbocycles. The van der Waals surface area contributed by atoms with Crippen molar-refractivity contribution in [2.75, 3.05) is 5.32 Å². The topological polar surface area (TPSA) is 107 Å². The average Bonchev–Trinajstić information content (AvgIpc) is 3.37. The van der Waals surface area contributed by atoms with Gasteiger partial charge in [-0.15, -0.1) is 10.2 Å². The van der Waals surface area contributed by atoms with Crippen molar-refractivity contribution < 1.29 is 9.32 Å². The van der Waals surface area contributed by atoms with E-state index >= 15 is 0 Å². The van der Waals surface area contributed by atoms with Crippen LogP contribution in [0.15, 0.2) is 59.4 Å². The van der Waals surface area contributed by atoms with Crippen molar-refractivity contribution in [3.05, 3.63) is 60.7 Å². The van der Waals surface area contributed by atoms with Crippen LogP contribution in [0.5, 0.6) is 0 Å². The van der Waals surface area contributed by atoms with Gasteiger partial charge in [-0.05, 0) is 12.1 Å². The lowest BCUT2D eigenvalue weighted by Crippen LogP contribution is -2.12. The first-order valence-electron chi connectivity index (χ1n) is 8.20. The fourth-order valence-electron chi connectivity index (χ4n) is 2.34. The third kappa shape index (κ3) is 4.21. The quantitative estimate of drug-likeness (QED) is 0.549. The molecule has 0 aliphatic heterocycles. The van der Waals surface area contributed by atoms with Gasteiger partial charge in [0.1, 0.15) is 5.01 Å². The van der Waals surface area contributed by atoms with Gasteiger partial charge < -0.3 is 9.84 Å². The van der Waals surface area contributed by atoms with Gasteiger partial charge in [0, 0.05) is 36.4 Å². The third-order valence-electron chi connectivity index (χ3n) is 3.65. The van der Waals surface area contributed by atoms with Crippen LogP contribution in [-0.4, -0.2) is 31.2 Å². The van der Waals surface area contributed by atoms with Crippen LogP contribution in [0, 0.1) is 0 Å². The molecule has 1 N–H and O–H groups in total. The fraction of sp³-hybridized carbons (Fsp3) is 0.111. The summed E-state index contributed by atoms with van der Waals surface area (Å²) in [5, 5.41) is 16.0. The van der Waals surface area contributed by atoms with Crippen LogP contribution in [0.3, 0.4) is 0 Å². The zero-order valence-electron chi connectivity index (χ0n) is 14.1. The Balaban J connectivity index is 1.33. The molecular weight excluding hydrogens is 364 g/mol. The van der Waals surface area contributed by atoms with Crippen molar-refractivity contribution in [2.24, 2.45) is 0 Å². The molecule has 3 aromatic heterocycles. The molecule has 0 radical (unpaired) electrons. The first-order valence-corrected chi connectivity index (χ1v) is 9.01. The van der Waals surface area contributed by atoms with Gasteiger partial charge in [-0.1, -0.05) is 46.8 Å². The summed E-state index contributed by atoms with van der Waals surface area (Å²) >= 11 is 1.32. The lowest BCUT2D eigenvalue weighted by Gasteiger charge is -1.98. The number of aromatic nitrogens is 5.